The zero-order valence-corrected chi connectivity index (χ0v) is 12.1. The highest BCUT2D eigenvalue weighted by Gasteiger charge is 2.43. The molecule has 2 heterocycles. The molecule has 2 aliphatic heterocycles. The first kappa shape index (κ1) is 13.8. The van der Waals surface area contributed by atoms with Crippen molar-refractivity contribution in [1.82, 2.24) is 14.3 Å². The Morgan fingerprint density at radius 3 is 2.70 bits per heavy atom. The number of nitrogen functional groups attached to an aromatic ring is 1. The van der Waals surface area contributed by atoms with Crippen molar-refractivity contribution in [1.29, 1.82) is 0 Å². The Kier molecular flexibility index (Phi) is 3.68. The highest BCUT2D eigenvalue weighted by molar-refractivity contribution is 7.87. The van der Waals surface area contributed by atoms with Crippen LogP contribution in [0.5, 0.6) is 0 Å². The van der Waals surface area contributed by atoms with Crippen LogP contribution in [0, 0.1) is 0 Å². The summed E-state index contributed by atoms with van der Waals surface area (Å²) in [6.07, 6.45) is 1.60. The van der Waals surface area contributed by atoms with Gasteiger partial charge in [-0.2, -0.15) is 12.7 Å². The quantitative estimate of drug-likeness (QED) is 0.651. The summed E-state index contributed by atoms with van der Waals surface area (Å²) in [7, 11) is -3.35. The second-order valence-electron chi connectivity index (χ2n) is 5.46. The third-order valence-corrected chi connectivity index (χ3v) is 5.63. The molecule has 110 valence electrons. The normalized spacial score (nSPS) is 26.2. The van der Waals surface area contributed by atoms with Gasteiger partial charge in [-0.1, -0.05) is 12.1 Å². The summed E-state index contributed by atoms with van der Waals surface area (Å²) in [4.78, 5) is 0. The van der Waals surface area contributed by atoms with Gasteiger partial charge < -0.3 is 11.1 Å². The zero-order valence-electron chi connectivity index (χ0n) is 11.2. The van der Waals surface area contributed by atoms with Crippen molar-refractivity contribution in [3.63, 3.8) is 0 Å². The predicted molar refractivity (Wildman–Crippen MR) is 78.4 cm³/mol. The van der Waals surface area contributed by atoms with Crippen molar-refractivity contribution in [3.8, 4) is 0 Å². The number of hydrogen-bond donors (Lipinski definition) is 3. The van der Waals surface area contributed by atoms with Crippen LogP contribution in [-0.4, -0.2) is 44.4 Å². The molecule has 2 saturated heterocycles. The summed E-state index contributed by atoms with van der Waals surface area (Å²) >= 11 is 0. The lowest BCUT2D eigenvalue weighted by Gasteiger charge is -2.26. The van der Waals surface area contributed by atoms with E-state index < -0.39 is 10.2 Å². The zero-order chi connectivity index (χ0) is 14.2. The molecule has 1 aromatic rings. The third-order valence-electron chi connectivity index (χ3n) is 3.99. The van der Waals surface area contributed by atoms with Crippen molar-refractivity contribution in [3.05, 3.63) is 29.8 Å². The second kappa shape index (κ2) is 5.33. The Morgan fingerprint density at radius 1 is 1.35 bits per heavy atom. The molecule has 0 aliphatic carbocycles. The number of nitrogens with one attached hydrogen (secondary N) is 2. The van der Waals surface area contributed by atoms with Crippen molar-refractivity contribution < 1.29 is 8.42 Å². The molecule has 2 atom stereocenters. The minimum Gasteiger partial charge on any atom is -0.399 e. The van der Waals surface area contributed by atoms with E-state index >= 15 is 0 Å². The van der Waals surface area contributed by atoms with Gasteiger partial charge in [-0.3, -0.25) is 0 Å². The number of piperazine rings is 1. The fraction of sp³-hybridized carbons (Fsp3) is 0.538. The van der Waals surface area contributed by atoms with Gasteiger partial charge in [-0.05, 0) is 30.5 Å². The van der Waals surface area contributed by atoms with Gasteiger partial charge in [0.05, 0.1) is 0 Å². The molecule has 7 heteroatoms. The Balaban J connectivity index is 1.54. The van der Waals surface area contributed by atoms with Gasteiger partial charge >= 0.3 is 0 Å². The van der Waals surface area contributed by atoms with E-state index in [2.05, 4.69) is 10.0 Å². The first-order valence-corrected chi connectivity index (χ1v) is 8.33. The summed E-state index contributed by atoms with van der Waals surface area (Å²) < 4.78 is 28.8. The topological polar surface area (TPSA) is 87.5 Å². The molecule has 2 fully saturated rings. The number of anilines is 1. The van der Waals surface area contributed by atoms with Crippen molar-refractivity contribution in [2.24, 2.45) is 0 Å². The molecule has 1 aromatic carbocycles. The highest BCUT2D eigenvalue weighted by Crippen LogP contribution is 2.25. The van der Waals surface area contributed by atoms with E-state index in [0.717, 1.165) is 24.2 Å². The van der Waals surface area contributed by atoms with E-state index in [9.17, 15) is 8.42 Å². The van der Waals surface area contributed by atoms with Crippen LogP contribution >= 0.6 is 0 Å². The van der Waals surface area contributed by atoms with Crippen LogP contribution < -0.4 is 15.8 Å². The molecule has 6 nitrogen and oxygen atoms in total. The van der Waals surface area contributed by atoms with E-state index in [1.165, 1.54) is 0 Å². The molecule has 0 unspecified atom stereocenters. The number of benzene rings is 1. The van der Waals surface area contributed by atoms with Crippen LogP contribution in [0.2, 0.25) is 0 Å². The van der Waals surface area contributed by atoms with Crippen molar-refractivity contribution in [2.45, 2.75) is 24.9 Å². The Hall–Kier alpha value is -1.15. The lowest BCUT2D eigenvalue weighted by molar-refractivity contribution is 0.344. The number of fused-ring (bicyclic) bond motifs is 2. The lowest BCUT2D eigenvalue weighted by atomic mass is 10.1. The van der Waals surface area contributed by atoms with Crippen molar-refractivity contribution >= 4 is 15.9 Å². The predicted octanol–water partition coefficient (Wildman–Crippen LogP) is -0.308. The van der Waals surface area contributed by atoms with E-state index in [-0.39, 0.29) is 6.04 Å². The summed E-state index contributed by atoms with van der Waals surface area (Å²) in [5.74, 6) is 0. The van der Waals surface area contributed by atoms with E-state index in [4.69, 9.17) is 5.73 Å². The Morgan fingerprint density at radius 2 is 2.10 bits per heavy atom. The molecule has 0 saturated carbocycles. The van der Waals surface area contributed by atoms with Crippen molar-refractivity contribution in [2.75, 3.05) is 25.4 Å². The molecule has 0 amide bonds. The van der Waals surface area contributed by atoms with Gasteiger partial charge in [-0.25, -0.2) is 4.72 Å². The van der Waals surface area contributed by atoms with Crippen LogP contribution in [0.15, 0.2) is 24.3 Å². The molecule has 0 radical (unpaired) electrons. The average Bonchev–Trinajstić information content (AvgIpc) is 3.04. The highest BCUT2D eigenvalue weighted by atomic mass is 32.2. The van der Waals surface area contributed by atoms with E-state index in [1.807, 2.05) is 24.3 Å². The van der Waals surface area contributed by atoms with Gasteiger partial charge in [0.1, 0.15) is 0 Å². The largest absolute Gasteiger partial charge is 0.399 e. The summed E-state index contributed by atoms with van der Waals surface area (Å²) in [5.41, 5.74) is 7.41. The molecule has 3 rings (SSSR count). The first-order chi connectivity index (χ1) is 9.54. The van der Waals surface area contributed by atoms with Crippen LogP contribution in [-0.2, 0) is 16.6 Å². The third kappa shape index (κ3) is 2.80. The molecule has 2 bridgehead atoms. The fourth-order valence-corrected chi connectivity index (χ4v) is 4.36. The first-order valence-electron chi connectivity index (χ1n) is 6.89. The standard InChI is InChI=1S/C13H20N4O2S/c14-11-3-1-10(2-4-11)5-6-16-20(18,19)17-9-12-7-13(17)8-15-12/h1-4,12-13,15-16H,5-9,14H2/t12-,13-/m0/s1. The maximum absolute atomic E-state index is 12.2. The number of nitrogens with two attached hydrogens (primary N) is 1. The molecule has 20 heavy (non-hydrogen) atoms. The van der Waals surface area contributed by atoms with Gasteiger partial charge in [0, 0.05) is 37.4 Å². The average molecular weight is 296 g/mol. The molecule has 4 N–H and O–H groups in total. The maximum atomic E-state index is 12.2. The Labute approximate surface area is 119 Å². The molecular formula is C13H20N4O2S. The molecule has 2 aliphatic rings. The van der Waals surface area contributed by atoms with Crippen LogP contribution in [0.25, 0.3) is 0 Å². The minimum atomic E-state index is -3.35. The van der Waals surface area contributed by atoms with E-state index in [1.54, 1.807) is 4.31 Å². The molecular weight excluding hydrogens is 276 g/mol. The van der Waals surface area contributed by atoms with E-state index in [0.29, 0.717) is 25.6 Å². The summed E-state index contributed by atoms with van der Waals surface area (Å²) in [6, 6.07) is 7.95. The van der Waals surface area contributed by atoms with Gasteiger partial charge in [0.25, 0.3) is 10.2 Å². The fourth-order valence-electron chi connectivity index (χ4n) is 2.91. The SMILES string of the molecule is Nc1ccc(CCNS(=O)(=O)N2C[C@@H]3C[C@H]2CN3)cc1. The lowest BCUT2D eigenvalue weighted by Crippen LogP contribution is -2.50. The van der Waals surface area contributed by atoms with Crippen LogP contribution in [0.1, 0.15) is 12.0 Å². The van der Waals surface area contributed by atoms with Crippen LogP contribution in [0.3, 0.4) is 0 Å². The smallest absolute Gasteiger partial charge is 0.279 e. The van der Waals surface area contributed by atoms with Gasteiger partial charge in [0.15, 0.2) is 0 Å². The summed E-state index contributed by atoms with van der Waals surface area (Å²) in [6.45, 7) is 1.76. The summed E-state index contributed by atoms with van der Waals surface area (Å²) in [5, 5.41) is 3.30. The second-order valence-corrected chi connectivity index (χ2v) is 7.16. The molecule has 0 aromatic heterocycles. The monoisotopic (exact) mass is 296 g/mol. The maximum Gasteiger partial charge on any atom is 0.279 e. The van der Waals surface area contributed by atoms with Gasteiger partial charge in [0.2, 0.25) is 0 Å². The number of nitrogens with zero attached hydrogens (tertiary/aromatic N) is 1. The molecule has 0 spiro atoms. The number of rotatable bonds is 5. The Bertz CT molecular complexity index is 573. The number of hydrogen-bond acceptors (Lipinski definition) is 4. The van der Waals surface area contributed by atoms with Gasteiger partial charge in [-0.15, -0.1) is 0 Å². The van der Waals surface area contributed by atoms with Crippen LogP contribution in [0.4, 0.5) is 5.69 Å². The minimum absolute atomic E-state index is 0.119.